The molecule has 4 amide bonds. The van der Waals surface area contributed by atoms with Gasteiger partial charge in [0.1, 0.15) is 0 Å². The van der Waals surface area contributed by atoms with Crippen LogP contribution in [-0.2, 0) is 24.6 Å². The highest BCUT2D eigenvalue weighted by Gasteiger charge is 2.70. The minimum Gasteiger partial charge on any atom is -0.504 e. The molecule has 3 fully saturated rings. The van der Waals surface area contributed by atoms with Gasteiger partial charge in [-0.2, -0.15) is 0 Å². The van der Waals surface area contributed by atoms with Gasteiger partial charge in [-0.15, -0.1) is 0 Å². The second-order valence-corrected chi connectivity index (χ2v) is 15.0. The standard InChI is InChI=1S/C39H29ClIN3O8/c1-52-31-16-20(15-30(41)34(31)45)33-26-13-14-27-32(37(48)42(35(27)46)24-11-6-12-25(18-24)44(50)51)28(26)19-29-36(47)43(23-10-5-9-22(40)17-23)38(49)39(29,33)21-7-3-2-4-8-21/h2-13,15-18,27-29,32-33,45H,14,19H2,1H3. The molecule has 2 aliphatic heterocycles. The molecule has 4 aromatic carbocycles. The lowest BCUT2D eigenvalue weighted by Crippen LogP contribution is -2.53. The van der Waals surface area contributed by atoms with Crippen LogP contribution >= 0.6 is 34.2 Å². The minimum absolute atomic E-state index is 0.0775. The van der Waals surface area contributed by atoms with Crippen LogP contribution in [0.3, 0.4) is 0 Å². The van der Waals surface area contributed by atoms with Crippen molar-refractivity contribution in [2.45, 2.75) is 24.2 Å². The minimum atomic E-state index is -1.51. The number of amides is 4. The molecule has 0 bridgehead atoms. The summed E-state index contributed by atoms with van der Waals surface area (Å²) in [5.74, 6) is -5.98. The first kappa shape index (κ1) is 34.0. The SMILES string of the molecule is COc1cc(C2C3=CCC4C(=O)N(c5cccc([N+](=O)[O-])c5)C(=O)C4C3CC3C(=O)N(c4cccc(Cl)c4)C(=O)C32c2ccccc2)cc(I)c1O. The van der Waals surface area contributed by atoms with E-state index < -0.39 is 63.6 Å². The number of fused-ring (bicyclic) bond motifs is 4. The summed E-state index contributed by atoms with van der Waals surface area (Å²) in [5, 5.41) is 22.8. The van der Waals surface area contributed by atoms with Crippen molar-refractivity contribution in [3.63, 3.8) is 0 Å². The highest BCUT2D eigenvalue weighted by Crippen LogP contribution is 2.65. The van der Waals surface area contributed by atoms with Crippen molar-refractivity contribution in [2.24, 2.45) is 23.7 Å². The van der Waals surface area contributed by atoms with E-state index in [1.165, 1.54) is 36.3 Å². The number of allylic oxidation sites excluding steroid dienone is 2. The van der Waals surface area contributed by atoms with Crippen molar-refractivity contribution in [3.05, 3.63) is 132 Å². The number of imide groups is 2. The van der Waals surface area contributed by atoms with Crippen LogP contribution in [-0.4, -0.2) is 40.8 Å². The fraction of sp³-hybridized carbons (Fsp3) is 0.231. The normalized spacial score (nSPS) is 26.5. The highest BCUT2D eigenvalue weighted by atomic mass is 127. The Morgan fingerprint density at radius 2 is 1.60 bits per heavy atom. The van der Waals surface area contributed by atoms with Crippen molar-refractivity contribution in [3.8, 4) is 11.5 Å². The largest absolute Gasteiger partial charge is 0.504 e. The summed E-state index contributed by atoms with van der Waals surface area (Å²) in [5.41, 5.74) is 0.551. The Morgan fingerprint density at radius 1 is 0.885 bits per heavy atom. The first-order chi connectivity index (χ1) is 25.0. The number of phenolic OH excluding ortho intramolecular Hbond substituents is 1. The number of non-ortho nitro benzene ring substituents is 1. The van der Waals surface area contributed by atoms with E-state index in [0.717, 1.165) is 10.5 Å². The number of methoxy groups -OCH3 is 1. The molecular weight excluding hydrogens is 801 g/mol. The third-order valence-electron chi connectivity index (χ3n) is 11.1. The van der Waals surface area contributed by atoms with Gasteiger partial charge in [0.25, 0.3) is 5.69 Å². The van der Waals surface area contributed by atoms with E-state index in [4.69, 9.17) is 16.3 Å². The molecule has 52 heavy (non-hydrogen) atoms. The first-order valence-electron chi connectivity index (χ1n) is 16.6. The van der Waals surface area contributed by atoms with Gasteiger partial charge in [0, 0.05) is 23.1 Å². The van der Waals surface area contributed by atoms with Crippen LogP contribution in [0.25, 0.3) is 0 Å². The van der Waals surface area contributed by atoms with Gasteiger partial charge in [-0.25, -0.2) is 9.80 Å². The van der Waals surface area contributed by atoms with E-state index in [9.17, 15) is 29.6 Å². The van der Waals surface area contributed by atoms with Gasteiger partial charge in [-0.1, -0.05) is 65.7 Å². The van der Waals surface area contributed by atoms with E-state index in [0.29, 0.717) is 25.4 Å². The fourth-order valence-corrected chi connectivity index (χ4v) is 9.84. The number of nitrogens with zero attached hydrogens (tertiary/aromatic N) is 3. The molecule has 1 N–H and O–H groups in total. The number of rotatable bonds is 6. The Kier molecular flexibility index (Phi) is 8.21. The maximum Gasteiger partial charge on any atom is 0.271 e. The second kappa shape index (κ2) is 12.6. The maximum atomic E-state index is 15.4. The Labute approximate surface area is 316 Å². The molecule has 262 valence electrons. The molecule has 13 heteroatoms. The molecule has 0 radical (unpaired) electrons. The Bertz CT molecular complexity index is 2260. The summed E-state index contributed by atoms with van der Waals surface area (Å²) in [6, 6.07) is 24.5. The quantitative estimate of drug-likeness (QED) is 0.0724. The van der Waals surface area contributed by atoms with E-state index in [-0.39, 0.29) is 35.7 Å². The molecule has 4 aliphatic rings. The summed E-state index contributed by atoms with van der Waals surface area (Å²) < 4.78 is 6.03. The second-order valence-electron chi connectivity index (χ2n) is 13.4. The zero-order valence-electron chi connectivity index (χ0n) is 27.4. The summed E-state index contributed by atoms with van der Waals surface area (Å²) in [6.07, 6.45) is 2.17. The maximum absolute atomic E-state index is 15.4. The molecule has 4 aromatic rings. The Morgan fingerprint density at radius 3 is 2.29 bits per heavy atom. The zero-order chi connectivity index (χ0) is 36.6. The van der Waals surface area contributed by atoms with Gasteiger partial charge in [0.2, 0.25) is 23.6 Å². The Hall–Kier alpha value is -5.08. The van der Waals surface area contributed by atoms with Crippen molar-refractivity contribution in [1.82, 2.24) is 0 Å². The summed E-state index contributed by atoms with van der Waals surface area (Å²) in [6.45, 7) is 0. The number of hydrogen-bond donors (Lipinski definition) is 1. The number of aromatic hydroxyl groups is 1. The third-order valence-corrected chi connectivity index (χ3v) is 12.1. The van der Waals surface area contributed by atoms with Gasteiger partial charge in [-0.3, -0.25) is 29.3 Å². The first-order valence-corrected chi connectivity index (χ1v) is 18.0. The molecule has 1 saturated carbocycles. The van der Waals surface area contributed by atoms with Crippen LogP contribution in [0.1, 0.15) is 29.9 Å². The molecular formula is C39H29ClIN3O8. The number of anilines is 2. The number of nitro benzene ring substituents is 1. The van der Waals surface area contributed by atoms with Crippen molar-refractivity contribution in [1.29, 1.82) is 0 Å². The molecule has 2 heterocycles. The zero-order valence-corrected chi connectivity index (χ0v) is 30.4. The van der Waals surface area contributed by atoms with Crippen LogP contribution in [0.2, 0.25) is 5.02 Å². The number of phenols is 1. The lowest BCUT2D eigenvalue weighted by atomic mass is 9.49. The number of carbonyl (C=O) groups is 4. The smallest absolute Gasteiger partial charge is 0.271 e. The molecule has 6 atom stereocenters. The van der Waals surface area contributed by atoms with Gasteiger partial charge in [-0.05, 0) is 88.9 Å². The van der Waals surface area contributed by atoms with E-state index >= 15 is 4.79 Å². The van der Waals surface area contributed by atoms with E-state index in [1.54, 1.807) is 36.4 Å². The highest BCUT2D eigenvalue weighted by molar-refractivity contribution is 14.1. The molecule has 11 nitrogen and oxygen atoms in total. The average Bonchev–Trinajstić information content (AvgIpc) is 3.53. The predicted octanol–water partition coefficient (Wildman–Crippen LogP) is 6.93. The van der Waals surface area contributed by atoms with Crippen LogP contribution in [0.5, 0.6) is 11.5 Å². The summed E-state index contributed by atoms with van der Waals surface area (Å²) >= 11 is 8.38. The Balaban J connectivity index is 1.36. The van der Waals surface area contributed by atoms with Gasteiger partial charge >= 0.3 is 0 Å². The van der Waals surface area contributed by atoms with Crippen LogP contribution in [0, 0.1) is 37.4 Å². The fourth-order valence-electron chi connectivity index (χ4n) is 9.03. The molecule has 0 aromatic heterocycles. The molecule has 2 aliphatic carbocycles. The van der Waals surface area contributed by atoms with E-state index in [1.807, 2.05) is 59.0 Å². The van der Waals surface area contributed by atoms with Crippen LogP contribution in [0.15, 0.2) is 103 Å². The summed E-state index contributed by atoms with van der Waals surface area (Å²) in [4.78, 5) is 72.1. The molecule has 2 saturated heterocycles. The van der Waals surface area contributed by atoms with Crippen LogP contribution in [0.4, 0.5) is 17.1 Å². The van der Waals surface area contributed by atoms with Crippen molar-refractivity contribution >= 4 is 74.9 Å². The lowest BCUT2D eigenvalue weighted by Gasteiger charge is -2.50. The number of carbonyl (C=O) groups excluding carboxylic acids is 4. The molecule has 0 spiro atoms. The number of nitro groups is 1. The molecule has 8 rings (SSSR count). The third kappa shape index (κ3) is 4.83. The van der Waals surface area contributed by atoms with Gasteiger partial charge < -0.3 is 9.84 Å². The number of halogens is 2. The topological polar surface area (TPSA) is 147 Å². The van der Waals surface area contributed by atoms with Gasteiger partial charge in [0.05, 0.1) is 50.1 Å². The van der Waals surface area contributed by atoms with Crippen molar-refractivity contribution in [2.75, 3.05) is 16.9 Å². The van der Waals surface area contributed by atoms with Crippen molar-refractivity contribution < 1.29 is 33.9 Å². The number of hydrogen-bond acceptors (Lipinski definition) is 8. The summed E-state index contributed by atoms with van der Waals surface area (Å²) in [7, 11) is 1.43. The van der Waals surface area contributed by atoms with Crippen LogP contribution < -0.4 is 14.5 Å². The van der Waals surface area contributed by atoms with E-state index in [2.05, 4.69) is 0 Å². The number of ether oxygens (including phenoxy) is 1. The average molecular weight is 830 g/mol. The predicted molar refractivity (Wildman–Crippen MR) is 199 cm³/mol. The van der Waals surface area contributed by atoms with Gasteiger partial charge in [0.15, 0.2) is 11.5 Å². The lowest BCUT2D eigenvalue weighted by molar-refractivity contribution is -0.384. The monoisotopic (exact) mass is 829 g/mol. The number of benzene rings is 4. The molecule has 6 unspecified atom stereocenters.